The smallest absolute Gasteiger partial charge is 0.296 e. The lowest BCUT2D eigenvalue weighted by atomic mass is 9.88. The molecule has 5 nitrogen and oxygen atoms in total. The molecule has 0 radical (unpaired) electrons. The lowest BCUT2D eigenvalue weighted by molar-refractivity contribution is 0.0865. The van der Waals surface area contributed by atoms with Gasteiger partial charge in [0.05, 0.1) is 16.2 Å². The summed E-state index contributed by atoms with van der Waals surface area (Å²) < 4.78 is 6.06. The second kappa shape index (κ2) is 8.69. The average molecular weight is 434 g/mol. The standard InChI is InChI=1S/C25H24ClN3O2/c26-21-14-22-24(29-25(27-22)31-20-8-4-5-16(13-20)15-30)28-23(21)19-11-9-18(10-12-19)17-6-2-1-3-7-17/h1-3,6-7,9-12,14,16,20,30H,4-5,8,13,15H2,(H,27,28,29)/t16?,20-/m1/s1. The van der Waals surface area contributed by atoms with Crippen molar-refractivity contribution in [3.63, 3.8) is 0 Å². The number of aromatic nitrogens is 3. The van der Waals surface area contributed by atoms with Crippen LogP contribution >= 0.6 is 11.6 Å². The van der Waals surface area contributed by atoms with E-state index in [9.17, 15) is 5.11 Å². The molecule has 2 aromatic carbocycles. The molecule has 1 unspecified atom stereocenters. The zero-order chi connectivity index (χ0) is 21.2. The molecule has 0 bridgehead atoms. The van der Waals surface area contributed by atoms with Crippen molar-refractivity contribution in [3.8, 4) is 28.4 Å². The van der Waals surface area contributed by atoms with Crippen LogP contribution in [0.5, 0.6) is 6.01 Å². The first-order valence-corrected chi connectivity index (χ1v) is 11.1. The van der Waals surface area contributed by atoms with Crippen molar-refractivity contribution in [2.24, 2.45) is 5.92 Å². The normalized spacial score (nSPS) is 18.9. The Bertz CT molecular complexity index is 1170. The van der Waals surface area contributed by atoms with E-state index in [1.807, 2.05) is 36.4 Å². The highest BCUT2D eigenvalue weighted by atomic mass is 35.5. The highest BCUT2D eigenvalue weighted by molar-refractivity contribution is 6.33. The third-order valence-electron chi connectivity index (χ3n) is 5.94. The number of hydrogen-bond donors (Lipinski definition) is 2. The number of H-pyrrole nitrogens is 1. The summed E-state index contributed by atoms with van der Waals surface area (Å²) in [6.45, 7) is 0.212. The van der Waals surface area contributed by atoms with Gasteiger partial charge >= 0.3 is 0 Å². The zero-order valence-corrected chi connectivity index (χ0v) is 17.8. The second-order valence-corrected chi connectivity index (χ2v) is 8.54. The van der Waals surface area contributed by atoms with Crippen LogP contribution in [0.4, 0.5) is 0 Å². The molecule has 1 fully saturated rings. The molecule has 2 N–H and O–H groups in total. The van der Waals surface area contributed by atoms with E-state index >= 15 is 0 Å². The topological polar surface area (TPSA) is 71.0 Å². The van der Waals surface area contributed by atoms with E-state index in [0.29, 0.717) is 28.3 Å². The van der Waals surface area contributed by atoms with Crippen molar-refractivity contribution >= 4 is 22.8 Å². The SMILES string of the molecule is OCC1CCC[C@@H](Oc2nc3nc(-c4ccc(-c5ccccc5)cc4)c(Cl)cc3[nH]2)C1. The summed E-state index contributed by atoms with van der Waals surface area (Å²) in [6.07, 6.45) is 4.00. The van der Waals surface area contributed by atoms with Crippen molar-refractivity contribution in [1.82, 2.24) is 15.0 Å². The lowest BCUT2D eigenvalue weighted by Gasteiger charge is -2.27. The number of imidazole rings is 1. The van der Waals surface area contributed by atoms with Gasteiger partial charge in [-0.3, -0.25) is 0 Å². The van der Waals surface area contributed by atoms with Crippen molar-refractivity contribution in [1.29, 1.82) is 0 Å². The Balaban J connectivity index is 1.39. The van der Waals surface area contributed by atoms with E-state index in [1.54, 1.807) is 0 Å². The number of rotatable bonds is 5. The number of ether oxygens (including phenoxy) is 1. The fourth-order valence-electron chi connectivity index (χ4n) is 4.28. The van der Waals surface area contributed by atoms with Gasteiger partial charge in [0.1, 0.15) is 6.10 Å². The molecule has 1 aliphatic carbocycles. The Morgan fingerprint density at radius 1 is 0.968 bits per heavy atom. The van der Waals surface area contributed by atoms with E-state index in [1.165, 1.54) is 5.56 Å². The maximum atomic E-state index is 9.44. The molecule has 31 heavy (non-hydrogen) atoms. The van der Waals surface area contributed by atoms with Gasteiger partial charge in [0.15, 0.2) is 5.65 Å². The molecule has 2 aromatic heterocycles. The third kappa shape index (κ3) is 4.29. The Morgan fingerprint density at radius 3 is 2.48 bits per heavy atom. The van der Waals surface area contributed by atoms with E-state index in [2.05, 4.69) is 34.2 Å². The van der Waals surface area contributed by atoms with Gasteiger partial charge < -0.3 is 14.8 Å². The minimum Gasteiger partial charge on any atom is -0.461 e. The summed E-state index contributed by atoms with van der Waals surface area (Å²) in [5.74, 6) is 0.307. The van der Waals surface area contributed by atoms with Gasteiger partial charge in [0.2, 0.25) is 0 Å². The number of benzene rings is 2. The van der Waals surface area contributed by atoms with Crippen LogP contribution in [0.25, 0.3) is 33.5 Å². The van der Waals surface area contributed by atoms with Gasteiger partial charge in [-0.05, 0) is 48.8 Å². The summed E-state index contributed by atoms with van der Waals surface area (Å²) in [4.78, 5) is 12.4. The van der Waals surface area contributed by atoms with Crippen molar-refractivity contribution in [2.75, 3.05) is 6.61 Å². The molecule has 0 amide bonds. The summed E-state index contributed by atoms with van der Waals surface area (Å²) >= 11 is 6.55. The molecular weight excluding hydrogens is 410 g/mol. The van der Waals surface area contributed by atoms with Crippen LogP contribution in [-0.2, 0) is 0 Å². The van der Waals surface area contributed by atoms with E-state index in [4.69, 9.17) is 21.3 Å². The lowest BCUT2D eigenvalue weighted by Crippen LogP contribution is -2.27. The van der Waals surface area contributed by atoms with Crippen LogP contribution in [0.1, 0.15) is 25.7 Å². The molecule has 0 aliphatic heterocycles. The molecule has 158 valence electrons. The van der Waals surface area contributed by atoms with Crippen LogP contribution < -0.4 is 4.74 Å². The monoisotopic (exact) mass is 433 g/mol. The molecule has 1 aliphatic rings. The average Bonchev–Trinajstić information content (AvgIpc) is 3.20. The number of aliphatic hydroxyl groups is 1. The molecule has 5 rings (SSSR count). The number of nitrogens with zero attached hydrogens (tertiary/aromatic N) is 2. The van der Waals surface area contributed by atoms with Gasteiger partial charge in [-0.15, -0.1) is 0 Å². The Morgan fingerprint density at radius 2 is 1.71 bits per heavy atom. The number of hydrogen-bond acceptors (Lipinski definition) is 4. The minimum absolute atomic E-state index is 0.0620. The number of aliphatic hydroxyl groups excluding tert-OH is 1. The molecule has 2 heterocycles. The van der Waals surface area contributed by atoms with Crippen LogP contribution in [0.15, 0.2) is 60.7 Å². The molecule has 4 aromatic rings. The number of nitrogens with one attached hydrogen (secondary N) is 1. The number of pyridine rings is 1. The predicted molar refractivity (Wildman–Crippen MR) is 123 cm³/mol. The zero-order valence-electron chi connectivity index (χ0n) is 17.1. The first-order valence-electron chi connectivity index (χ1n) is 10.7. The molecule has 1 saturated carbocycles. The number of halogens is 1. The third-order valence-corrected chi connectivity index (χ3v) is 6.23. The first-order chi connectivity index (χ1) is 15.2. The molecule has 2 atom stereocenters. The maximum Gasteiger partial charge on any atom is 0.296 e. The largest absolute Gasteiger partial charge is 0.461 e. The fraction of sp³-hybridized carbons (Fsp3) is 0.280. The van der Waals surface area contributed by atoms with Crippen molar-refractivity contribution < 1.29 is 9.84 Å². The fourth-order valence-corrected chi connectivity index (χ4v) is 4.54. The number of fused-ring (bicyclic) bond motifs is 1. The summed E-state index contributed by atoms with van der Waals surface area (Å²) in [7, 11) is 0. The first kappa shape index (κ1) is 20.0. The van der Waals surface area contributed by atoms with Crippen LogP contribution in [0, 0.1) is 5.92 Å². The Labute approximate surface area is 186 Å². The molecular formula is C25H24ClN3O2. The Hall–Kier alpha value is -2.89. The number of aromatic amines is 1. The Kier molecular flexibility index (Phi) is 5.62. The maximum absolute atomic E-state index is 9.44. The van der Waals surface area contributed by atoms with Crippen molar-refractivity contribution in [2.45, 2.75) is 31.8 Å². The van der Waals surface area contributed by atoms with Crippen molar-refractivity contribution in [3.05, 3.63) is 65.7 Å². The highest BCUT2D eigenvalue weighted by Crippen LogP contribution is 2.32. The summed E-state index contributed by atoms with van der Waals surface area (Å²) in [5, 5.41) is 10.00. The molecule has 6 heteroatoms. The molecule has 0 spiro atoms. The van der Waals surface area contributed by atoms with Crippen LogP contribution in [0.3, 0.4) is 0 Å². The highest BCUT2D eigenvalue weighted by Gasteiger charge is 2.24. The van der Waals surface area contributed by atoms with Gasteiger partial charge in [-0.2, -0.15) is 4.98 Å². The predicted octanol–water partition coefficient (Wildman–Crippen LogP) is 5.88. The van der Waals surface area contributed by atoms with Crippen LogP contribution in [-0.4, -0.2) is 32.8 Å². The second-order valence-electron chi connectivity index (χ2n) is 8.13. The van der Waals surface area contributed by atoms with Crippen LogP contribution in [0.2, 0.25) is 5.02 Å². The summed E-state index contributed by atoms with van der Waals surface area (Å²) in [5.41, 5.74) is 5.28. The quantitative estimate of drug-likeness (QED) is 0.412. The van der Waals surface area contributed by atoms with E-state index in [0.717, 1.165) is 42.3 Å². The van der Waals surface area contributed by atoms with Gasteiger partial charge in [-0.1, -0.05) is 66.2 Å². The van der Waals surface area contributed by atoms with E-state index in [-0.39, 0.29) is 12.7 Å². The van der Waals surface area contributed by atoms with E-state index < -0.39 is 0 Å². The molecule has 0 saturated heterocycles. The minimum atomic E-state index is 0.0620. The van der Waals surface area contributed by atoms with Gasteiger partial charge in [0, 0.05) is 12.2 Å². The van der Waals surface area contributed by atoms with Gasteiger partial charge in [-0.25, -0.2) is 4.98 Å². The van der Waals surface area contributed by atoms with Gasteiger partial charge in [0.25, 0.3) is 6.01 Å². The summed E-state index contributed by atoms with van der Waals surface area (Å²) in [6, 6.07) is 20.8.